The summed E-state index contributed by atoms with van der Waals surface area (Å²) < 4.78 is 0. The van der Waals surface area contributed by atoms with Crippen LogP contribution < -0.4 is 5.32 Å². The summed E-state index contributed by atoms with van der Waals surface area (Å²) in [6, 6.07) is 7.69. The van der Waals surface area contributed by atoms with Crippen LogP contribution in [0.15, 0.2) is 34.5 Å². The van der Waals surface area contributed by atoms with Gasteiger partial charge in [0.25, 0.3) is 5.91 Å². The van der Waals surface area contributed by atoms with Gasteiger partial charge in [0, 0.05) is 10.3 Å². The van der Waals surface area contributed by atoms with E-state index in [1.807, 2.05) is 36.6 Å². The molecular formula is C14H16N2OS2. The third kappa shape index (κ3) is 3.81. The molecular weight excluding hydrogens is 276 g/mol. The summed E-state index contributed by atoms with van der Waals surface area (Å²) in [4.78, 5) is 17.5. The smallest absolute Gasteiger partial charge is 0.258 e. The van der Waals surface area contributed by atoms with Gasteiger partial charge in [0.05, 0.1) is 11.3 Å². The number of hydrogen-bond donors (Lipinski definition) is 1. The molecule has 19 heavy (non-hydrogen) atoms. The fourth-order valence-corrected chi connectivity index (χ4v) is 3.17. The van der Waals surface area contributed by atoms with Gasteiger partial charge >= 0.3 is 0 Å². The molecule has 0 aliphatic carbocycles. The van der Waals surface area contributed by atoms with Crippen LogP contribution in [-0.4, -0.2) is 16.6 Å². The standard InChI is InChI=1S/C14H16N2OS2/c1-3-8-18-12-7-5-4-6-11(12)13(17)16-14-15-10(2)9-19-14/h4-7,9H,3,8H2,1-2H3,(H,15,16,17). The van der Waals surface area contributed by atoms with Gasteiger partial charge in [-0.15, -0.1) is 23.1 Å². The molecule has 0 aliphatic rings. The SMILES string of the molecule is CCCSc1ccccc1C(=O)Nc1nc(C)cs1. The van der Waals surface area contributed by atoms with Gasteiger partial charge in [0.1, 0.15) is 0 Å². The number of carbonyl (C=O) groups excluding carboxylic acids is 1. The van der Waals surface area contributed by atoms with Gasteiger partial charge < -0.3 is 0 Å². The van der Waals surface area contributed by atoms with E-state index in [2.05, 4.69) is 17.2 Å². The van der Waals surface area contributed by atoms with Gasteiger partial charge in [-0.3, -0.25) is 10.1 Å². The lowest BCUT2D eigenvalue weighted by molar-refractivity contribution is 0.102. The molecule has 1 aromatic heterocycles. The van der Waals surface area contributed by atoms with E-state index in [0.717, 1.165) is 22.8 Å². The number of amides is 1. The zero-order valence-electron chi connectivity index (χ0n) is 11.0. The van der Waals surface area contributed by atoms with Crippen LogP contribution in [0.4, 0.5) is 5.13 Å². The van der Waals surface area contributed by atoms with Gasteiger partial charge in [0.15, 0.2) is 5.13 Å². The summed E-state index contributed by atoms with van der Waals surface area (Å²) in [5.41, 5.74) is 1.64. The van der Waals surface area contributed by atoms with Crippen molar-refractivity contribution in [1.29, 1.82) is 0 Å². The number of aromatic nitrogens is 1. The molecule has 2 aromatic rings. The molecule has 5 heteroatoms. The molecule has 0 radical (unpaired) electrons. The highest BCUT2D eigenvalue weighted by Gasteiger charge is 2.12. The first-order valence-electron chi connectivity index (χ1n) is 6.16. The van der Waals surface area contributed by atoms with Gasteiger partial charge in [-0.25, -0.2) is 4.98 Å². The predicted molar refractivity (Wildman–Crippen MR) is 82.3 cm³/mol. The molecule has 0 saturated heterocycles. The molecule has 1 amide bonds. The van der Waals surface area contributed by atoms with Crippen molar-refractivity contribution in [3.8, 4) is 0 Å². The van der Waals surface area contributed by atoms with Crippen molar-refractivity contribution in [2.45, 2.75) is 25.2 Å². The lowest BCUT2D eigenvalue weighted by atomic mass is 10.2. The second kappa shape index (κ2) is 6.73. The van der Waals surface area contributed by atoms with Gasteiger partial charge in [-0.1, -0.05) is 19.1 Å². The van der Waals surface area contributed by atoms with Crippen LogP contribution >= 0.6 is 23.1 Å². The molecule has 1 heterocycles. The molecule has 3 nitrogen and oxygen atoms in total. The van der Waals surface area contributed by atoms with Crippen molar-refractivity contribution in [2.75, 3.05) is 11.1 Å². The minimum atomic E-state index is -0.0893. The van der Waals surface area contributed by atoms with Crippen LogP contribution in [0.5, 0.6) is 0 Å². The Labute approximate surface area is 121 Å². The number of aryl methyl sites for hydroxylation is 1. The Hall–Kier alpha value is -1.33. The molecule has 100 valence electrons. The average Bonchev–Trinajstić information content (AvgIpc) is 2.82. The maximum absolute atomic E-state index is 12.2. The van der Waals surface area contributed by atoms with Crippen LogP contribution in [0.25, 0.3) is 0 Å². The van der Waals surface area contributed by atoms with E-state index in [-0.39, 0.29) is 5.91 Å². The quantitative estimate of drug-likeness (QED) is 0.840. The molecule has 0 aliphatic heterocycles. The second-order valence-corrected chi connectivity index (χ2v) is 6.09. The summed E-state index contributed by atoms with van der Waals surface area (Å²) in [6.07, 6.45) is 1.09. The normalized spacial score (nSPS) is 10.4. The Balaban J connectivity index is 2.14. The van der Waals surface area contributed by atoms with Crippen LogP contribution in [-0.2, 0) is 0 Å². The van der Waals surface area contributed by atoms with E-state index in [1.165, 1.54) is 11.3 Å². The average molecular weight is 292 g/mol. The Morgan fingerprint density at radius 3 is 2.89 bits per heavy atom. The number of thioether (sulfide) groups is 1. The van der Waals surface area contributed by atoms with Crippen molar-refractivity contribution < 1.29 is 4.79 Å². The highest BCUT2D eigenvalue weighted by molar-refractivity contribution is 7.99. The van der Waals surface area contributed by atoms with E-state index >= 15 is 0 Å². The molecule has 2 rings (SSSR count). The molecule has 0 bridgehead atoms. The number of rotatable bonds is 5. The number of thiazole rings is 1. The maximum atomic E-state index is 12.2. The number of nitrogens with zero attached hydrogens (tertiary/aromatic N) is 1. The van der Waals surface area contributed by atoms with Gasteiger partial charge in [-0.2, -0.15) is 0 Å². The van der Waals surface area contributed by atoms with Gasteiger partial charge in [0.2, 0.25) is 0 Å². The van der Waals surface area contributed by atoms with E-state index in [0.29, 0.717) is 10.7 Å². The topological polar surface area (TPSA) is 42.0 Å². The van der Waals surface area contributed by atoms with Crippen molar-refractivity contribution in [2.24, 2.45) is 0 Å². The molecule has 1 N–H and O–H groups in total. The van der Waals surface area contributed by atoms with Crippen LogP contribution in [0.1, 0.15) is 29.4 Å². The minimum absolute atomic E-state index is 0.0893. The van der Waals surface area contributed by atoms with Gasteiger partial charge in [-0.05, 0) is 31.2 Å². The Morgan fingerprint density at radius 1 is 1.42 bits per heavy atom. The fourth-order valence-electron chi connectivity index (χ4n) is 1.57. The van der Waals surface area contributed by atoms with Crippen LogP contribution in [0.2, 0.25) is 0 Å². The summed E-state index contributed by atoms with van der Waals surface area (Å²) in [7, 11) is 0. The fraction of sp³-hybridized carbons (Fsp3) is 0.286. The molecule has 0 saturated carbocycles. The van der Waals surface area contributed by atoms with Crippen molar-refractivity contribution in [3.05, 3.63) is 40.9 Å². The van der Waals surface area contributed by atoms with Crippen molar-refractivity contribution in [1.82, 2.24) is 4.98 Å². The first-order chi connectivity index (χ1) is 9.20. The molecule has 0 fully saturated rings. The third-order valence-electron chi connectivity index (χ3n) is 2.43. The third-order valence-corrected chi connectivity index (χ3v) is 4.59. The zero-order valence-corrected chi connectivity index (χ0v) is 12.6. The van der Waals surface area contributed by atoms with Crippen molar-refractivity contribution in [3.63, 3.8) is 0 Å². The summed E-state index contributed by atoms with van der Waals surface area (Å²) in [5.74, 6) is 0.925. The molecule has 1 aromatic carbocycles. The summed E-state index contributed by atoms with van der Waals surface area (Å²) in [5, 5.41) is 5.43. The highest BCUT2D eigenvalue weighted by Crippen LogP contribution is 2.24. The van der Waals surface area contributed by atoms with E-state index in [4.69, 9.17) is 0 Å². The molecule has 0 atom stereocenters. The number of nitrogens with one attached hydrogen (secondary N) is 1. The van der Waals surface area contributed by atoms with E-state index in [1.54, 1.807) is 11.8 Å². The van der Waals surface area contributed by atoms with E-state index in [9.17, 15) is 4.79 Å². The Morgan fingerprint density at radius 2 is 2.21 bits per heavy atom. The first-order valence-corrected chi connectivity index (χ1v) is 8.02. The number of carbonyl (C=O) groups is 1. The largest absolute Gasteiger partial charge is 0.298 e. The van der Waals surface area contributed by atoms with Crippen molar-refractivity contribution >= 4 is 34.1 Å². The number of benzene rings is 1. The number of anilines is 1. The number of hydrogen-bond acceptors (Lipinski definition) is 4. The summed E-state index contributed by atoms with van der Waals surface area (Å²) in [6.45, 7) is 4.05. The first kappa shape index (κ1) is 14.1. The molecule has 0 unspecified atom stereocenters. The zero-order chi connectivity index (χ0) is 13.7. The van der Waals surface area contributed by atoms with Crippen LogP contribution in [0.3, 0.4) is 0 Å². The van der Waals surface area contributed by atoms with E-state index < -0.39 is 0 Å². The highest BCUT2D eigenvalue weighted by atomic mass is 32.2. The Bertz CT molecular complexity index is 566. The molecule has 0 spiro atoms. The lowest BCUT2D eigenvalue weighted by Crippen LogP contribution is -2.12. The second-order valence-electron chi connectivity index (χ2n) is 4.09. The van der Waals surface area contributed by atoms with Crippen LogP contribution in [0, 0.1) is 6.92 Å². The minimum Gasteiger partial charge on any atom is -0.298 e. The lowest BCUT2D eigenvalue weighted by Gasteiger charge is -2.07. The predicted octanol–water partition coefficient (Wildman–Crippen LogP) is 4.21. The monoisotopic (exact) mass is 292 g/mol. The maximum Gasteiger partial charge on any atom is 0.258 e. The summed E-state index contributed by atoms with van der Waals surface area (Å²) >= 11 is 3.16. The Kier molecular flexibility index (Phi) is 4.99.